The molecule has 1 atom stereocenters. The number of pyridine rings is 1. The van der Waals surface area contributed by atoms with Crippen molar-refractivity contribution in [2.75, 3.05) is 6.54 Å². The number of hydrogen-bond donors (Lipinski definition) is 1. The Morgan fingerprint density at radius 3 is 3.19 bits per heavy atom. The van der Waals surface area contributed by atoms with Crippen molar-refractivity contribution in [3.8, 4) is 0 Å². The van der Waals surface area contributed by atoms with Crippen molar-refractivity contribution in [3.63, 3.8) is 0 Å². The van der Waals surface area contributed by atoms with Gasteiger partial charge in [0.05, 0.1) is 6.04 Å². The summed E-state index contributed by atoms with van der Waals surface area (Å²) in [5.41, 5.74) is 1.000. The molecule has 1 aromatic heterocycles. The fourth-order valence-electron chi connectivity index (χ4n) is 1.93. The van der Waals surface area contributed by atoms with Crippen LogP contribution in [0.3, 0.4) is 0 Å². The van der Waals surface area contributed by atoms with Gasteiger partial charge in [0.2, 0.25) is 0 Å². The number of hydrogen-bond acceptors (Lipinski definition) is 2. The maximum atomic E-state index is 10.9. The Morgan fingerprint density at radius 2 is 2.50 bits per heavy atom. The number of likely N-dealkylation sites (tertiary alicyclic amines) is 1. The Kier molecular flexibility index (Phi) is 3.19. The van der Waals surface area contributed by atoms with Gasteiger partial charge in [-0.2, -0.15) is 0 Å². The van der Waals surface area contributed by atoms with Crippen molar-refractivity contribution in [2.24, 2.45) is 0 Å². The third kappa shape index (κ3) is 2.39. The van der Waals surface area contributed by atoms with Gasteiger partial charge in [0.1, 0.15) is 0 Å². The van der Waals surface area contributed by atoms with Gasteiger partial charge in [-0.25, -0.2) is 4.79 Å². The number of amides is 1. The predicted octanol–water partition coefficient (Wildman–Crippen LogP) is 2.24. The molecule has 1 fully saturated rings. The maximum absolute atomic E-state index is 10.9. The lowest BCUT2D eigenvalue weighted by atomic mass is 10.1. The third-order valence-corrected chi connectivity index (χ3v) is 2.74. The number of nitrogens with zero attached hydrogens (tertiary/aromatic N) is 2. The molecular formula is C12H14N2O2. The van der Waals surface area contributed by atoms with Crippen LogP contribution in [0.2, 0.25) is 0 Å². The van der Waals surface area contributed by atoms with Gasteiger partial charge in [0.15, 0.2) is 0 Å². The van der Waals surface area contributed by atoms with Gasteiger partial charge >= 0.3 is 6.09 Å². The van der Waals surface area contributed by atoms with E-state index in [1.807, 2.05) is 24.3 Å². The highest BCUT2D eigenvalue weighted by atomic mass is 16.4. The molecule has 0 saturated carbocycles. The minimum atomic E-state index is -0.835. The molecule has 0 aliphatic carbocycles. The van der Waals surface area contributed by atoms with E-state index in [4.69, 9.17) is 5.11 Å². The summed E-state index contributed by atoms with van der Waals surface area (Å²) in [6.07, 6.45) is 8.36. The first kappa shape index (κ1) is 10.7. The molecule has 2 rings (SSSR count). The van der Waals surface area contributed by atoms with Crippen molar-refractivity contribution in [3.05, 3.63) is 36.2 Å². The van der Waals surface area contributed by atoms with E-state index < -0.39 is 6.09 Å². The molecule has 1 amide bonds. The zero-order valence-electron chi connectivity index (χ0n) is 8.91. The highest BCUT2D eigenvalue weighted by Crippen LogP contribution is 2.19. The van der Waals surface area contributed by atoms with E-state index in [0.29, 0.717) is 6.54 Å². The Bertz CT molecular complexity index is 389. The molecule has 0 aromatic carbocycles. The van der Waals surface area contributed by atoms with Gasteiger partial charge in [-0.1, -0.05) is 18.2 Å². The van der Waals surface area contributed by atoms with Gasteiger partial charge in [-0.05, 0) is 24.5 Å². The van der Waals surface area contributed by atoms with Crippen molar-refractivity contribution in [1.29, 1.82) is 0 Å². The monoisotopic (exact) mass is 218 g/mol. The SMILES string of the molecule is O=C(O)N1CCCC1C=Cc1cccnc1. The van der Waals surface area contributed by atoms with E-state index in [2.05, 4.69) is 4.98 Å². The first-order valence-corrected chi connectivity index (χ1v) is 5.35. The fourth-order valence-corrected chi connectivity index (χ4v) is 1.93. The maximum Gasteiger partial charge on any atom is 0.407 e. The fraction of sp³-hybridized carbons (Fsp3) is 0.333. The largest absolute Gasteiger partial charge is 0.465 e. The molecule has 0 bridgehead atoms. The molecule has 1 N–H and O–H groups in total. The first-order valence-electron chi connectivity index (χ1n) is 5.35. The quantitative estimate of drug-likeness (QED) is 0.828. The van der Waals surface area contributed by atoms with Gasteiger partial charge in [-0.3, -0.25) is 4.98 Å². The molecule has 4 heteroatoms. The van der Waals surface area contributed by atoms with Gasteiger partial charge in [-0.15, -0.1) is 0 Å². The van der Waals surface area contributed by atoms with Crippen LogP contribution >= 0.6 is 0 Å². The molecule has 16 heavy (non-hydrogen) atoms. The third-order valence-electron chi connectivity index (χ3n) is 2.74. The van der Waals surface area contributed by atoms with Gasteiger partial charge in [0.25, 0.3) is 0 Å². The second-order valence-electron chi connectivity index (χ2n) is 3.83. The predicted molar refractivity (Wildman–Crippen MR) is 61.0 cm³/mol. The molecule has 1 aliphatic rings. The zero-order valence-corrected chi connectivity index (χ0v) is 8.91. The second kappa shape index (κ2) is 4.79. The van der Waals surface area contributed by atoms with Crippen LogP contribution in [0, 0.1) is 0 Å². The molecule has 1 unspecified atom stereocenters. The highest BCUT2D eigenvalue weighted by Gasteiger charge is 2.25. The zero-order chi connectivity index (χ0) is 11.4. The van der Waals surface area contributed by atoms with E-state index in [0.717, 1.165) is 18.4 Å². The minimum absolute atomic E-state index is 0.0118. The number of carbonyl (C=O) groups is 1. The van der Waals surface area contributed by atoms with E-state index in [-0.39, 0.29) is 6.04 Å². The normalized spacial score (nSPS) is 20.5. The molecule has 4 nitrogen and oxygen atoms in total. The minimum Gasteiger partial charge on any atom is -0.465 e. The first-order chi connectivity index (χ1) is 7.77. The van der Waals surface area contributed by atoms with E-state index in [1.165, 1.54) is 4.90 Å². The molecule has 1 aliphatic heterocycles. The lowest BCUT2D eigenvalue weighted by Gasteiger charge is -2.17. The summed E-state index contributed by atoms with van der Waals surface area (Å²) in [6, 6.07) is 3.82. The van der Waals surface area contributed by atoms with Crippen molar-refractivity contribution < 1.29 is 9.90 Å². The Morgan fingerprint density at radius 1 is 1.62 bits per heavy atom. The molecular weight excluding hydrogens is 204 g/mol. The van der Waals surface area contributed by atoms with Crippen LogP contribution < -0.4 is 0 Å². The Labute approximate surface area is 94.2 Å². The molecule has 0 spiro atoms. The van der Waals surface area contributed by atoms with Crippen LogP contribution in [0.4, 0.5) is 4.79 Å². The van der Waals surface area contributed by atoms with Gasteiger partial charge < -0.3 is 10.0 Å². The summed E-state index contributed by atoms with van der Waals surface area (Å²) in [7, 11) is 0. The second-order valence-corrected chi connectivity index (χ2v) is 3.83. The summed E-state index contributed by atoms with van der Waals surface area (Å²) in [6.45, 7) is 0.636. The van der Waals surface area contributed by atoms with Crippen LogP contribution in [-0.2, 0) is 0 Å². The molecule has 1 saturated heterocycles. The molecule has 0 radical (unpaired) electrons. The summed E-state index contributed by atoms with van der Waals surface area (Å²) in [4.78, 5) is 16.4. The van der Waals surface area contributed by atoms with Crippen LogP contribution in [0.1, 0.15) is 18.4 Å². The molecule has 2 heterocycles. The van der Waals surface area contributed by atoms with Crippen LogP contribution in [0.25, 0.3) is 6.08 Å². The smallest absolute Gasteiger partial charge is 0.407 e. The highest BCUT2D eigenvalue weighted by molar-refractivity contribution is 5.66. The van der Waals surface area contributed by atoms with E-state index in [1.54, 1.807) is 12.4 Å². The average molecular weight is 218 g/mol. The number of aromatic nitrogens is 1. The summed E-state index contributed by atoms with van der Waals surface area (Å²) in [5.74, 6) is 0. The Hall–Kier alpha value is -1.84. The van der Waals surface area contributed by atoms with Crippen molar-refractivity contribution in [1.82, 2.24) is 9.88 Å². The lowest BCUT2D eigenvalue weighted by Crippen LogP contribution is -2.32. The summed E-state index contributed by atoms with van der Waals surface area (Å²) >= 11 is 0. The Balaban J connectivity index is 2.04. The molecule has 84 valence electrons. The average Bonchev–Trinajstić information content (AvgIpc) is 2.76. The number of rotatable bonds is 2. The van der Waals surface area contributed by atoms with E-state index in [9.17, 15) is 4.79 Å². The van der Waals surface area contributed by atoms with Crippen molar-refractivity contribution >= 4 is 12.2 Å². The lowest BCUT2D eigenvalue weighted by molar-refractivity contribution is 0.147. The summed E-state index contributed by atoms with van der Waals surface area (Å²) < 4.78 is 0. The van der Waals surface area contributed by atoms with Crippen LogP contribution in [0.5, 0.6) is 0 Å². The van der Waals surface area contributed by atoms with E-state index >= 15 is 0 Å². The topological polar surface area (TPSA) is 53.4 Å². The van der Waals surface area contributed by atoms with Crippen LogP contribution in [0.15, 0.2) is 30.6 Å². The van der Waals surface area contributed by atoms with Crippen LogP contribution in [-0.4, -0.2) is 33.7 Å². The van der Waals surface area contributed by atoms with Crippen molar-refractivity contribution in [2.45, 2.75) is 18.9 Å². The molecule has 1 aromatic rings. The number of carboxylic acid groups (broad SMARTS) is 1. The van der Waals surface area contributed by atoms with Gasteiger partial charge in [0, 0.05) is 18.9 Å². The standard InChI is InChI=1S/C12H14N2O2/c15-12(16)14-8-2-4-11(14)6-5-10-3-1-7-13-9-10/h1,3,5-7,9,11H,2,4,8H2,(H,15,16). The summed E-state index contributed by atoms with van der Waals surface area (Å²) in [5, 5.41) is 8.96.